The van der Waals surface area contributed by atoms with Gasteiger partial charge in [0.05, 0.1) is 0 Å². The van der Waals surface area contributed by atoms with Gasteiger partial charge in [0.2, 0.25) is 0 Å². The first kappa shape index (κ1) is 13.4. The third-order valence-corrected chi connectivity index (χ3v) is 8.48. The maximum Gasteiger partial charge on any atom is -0.00599 e. The van der Waals surface area contributed by atoms with Crippen LogP contribution in [0.2, 0.25) is 0 Å². The van der Waals surface area contributed by atoms with Crippen LogP contribution in [0.1, 0.15) is 78.1 Å². The minimum absolute atomic E-state index is 0.505. The molecule has 4 saturated carbocycles. The highest BCUT2D eigenvalue weighted by molar-refractivity contribution is 5.20. The fourth-order valence-corrected chi connectivity index (χ4v) is 7.25. The number of rotatable bonds is 0. The van der Waals surface area contributed by atoms with E-state index in [1.54, 1.807) is 12.0 Å². The smallest absolute Gasteiger partial charge is 0.00599 e. The van der Waals surface area contributed by atoms with Crippen LogP contribution in [0.3, 0.4) is 0 Å². The van der Waals surface area contributed by atoms with Crippen LogP contribution in [0.25, 0.3) is 0 Å². The second-order valence-electron chi connectivity index (χ2n) is 9.01. The maximum absolute atomic E-state index is 4.56. The molecule has 0 spiro atoms. The van der Waals surface area contributed by atoms with Crippen LogP contribution in [0.4, 0.5) is 0 Å². The minimum Gasteiger partial charge on any atom is -0.0993 e. The summed E-state index contributed by atoms with van der Waals surface area (Å²) in [6.07, 6.45) is 14.8. The van der Waals surface area contributed by atoms with Crippen LogP contribution in [0.5, 0.6) is 0 Å². The van der Waals surface area contributed by atoms with E-state index in [1.165, 1.54) is 57.8 Å². The van der Waals surface area contributed by atoms with Gasteiger partial charge in [0.25, 0.3) is 0 Å². The van der Waals surface area contributed by atoms with Gasteiger partial charge >= 0.3 is 0 Å². The Morgan fingerprint density at radius 3 is 2.60 bits per heavy atom. The first-order valence-electron chi connectivity index (χ1n) is 9.24. The van der Waals surface area contributed by atoms with Crippen LogP contribution in [-0.2, 0) is 0 Å². The van der Waals surface area contributed by atoms with Gasteiger partial charge in [0.15, 0.2) is 0 Å². The van der Waals surface area contributed by atoms with Gasteiger partial charge in [-0.25, -0.2) is 0 Å². The van der Waals surface area contributed by atoms with Crippen molar-refractivity contribution in [1.29, 1.82) is 0 Å². The standard InChI is InChI=1S/C20H32/c1-14-6-4-7-15-9-10-16-17-8-5-12-19(17,2)13-11-18(16)20(14,15)3/h15-18H,1,4-13H2,2-3H3/t15-,16+,17+,18+,19+,20+/m1/s1. The molecule has 0 saturated heterocycles. The molecule has 0 bridgehead atoms. The molecule has 4 rings (SSSR count). The zero-order valence-corrected chi connectivity index (χ0v) is 13.6. The highest BCUT2D eigenvalue weighted by Crippen LogP contribution is 2.66. The number of fused-ring (bicyclic) bond motifs is 5. The quantitative estimate of drug-likeness (QED) is 0.476. The molecule has 4 aliphatic carbocycles. The Morgan fingerprint density at radius 2 is 1.75 bits per heavy atom. The van der Waals surface area contributed by atoms with Crippen molar-refractivity contribution in [2.45, 2.75) is 78.1 Å². The van der Waals surface area contributed by atoms with Crippen molar-refractivity contribution in [3.8, 4) is 0 Å². The SMILES string of the molecule is C=C1CCC[C@@H]2CC[C@H]3[C@@H]4CCC[C@@]4(C)CC[C@@H]3[C@@]12C. The largest absolute Gasteiger partial charge is 0.0993 e. The predicted octanol–water partition coefficient (Wildman–Crippen LogP) is 5.98. The van der Waals surface area contributed by atoms with Crippen molar-refractivity contribution in [3.63, 3.8) is 0 Å². The highest BCUT2D eigenvalue weighted by Gasteiger charge is 2.57. The Bertz CT molecular complexity index is 422. The molecule has 0 heteroatoms. The molecule has 112 valence electrons. The van der Waals surface area contributed by atoms with Crippen molar-refractivity contribution in [1.82, 2.24) is 0 Å². The van der Waals surface area contributed by atoms with Gasteiger partial charge in [-0.15, -0.1) is 0 Å². The first-order chi connectivity index (χ1) is 9.56. The van der Waals surface area contributed by atoms with Crippen LogP contribution >= 0.6 is 0 Å². The van der Waals surface area contributed by atoms with Crippen LogP contribution < -0.4 is 0 Å². The van der Waals surface area contributed by atoms with E-state index in [1.807, 2.05) is 0 Å². The Balaban J connectivity index is 1.69. The molecule has 6 atom stereocenters. The summed E-state index contributed by atoms with van der Waals surface area (Å²) in [5.74, 6) is 4.03. The van der Waals surface area contributed by atoms with Crippen molar-refractivity contribution in [2.75, 3.05) is 0 Å². The molecular weight excluding hydrogens is 240 g/mol. The Labute approximate surface area is 125 Å². The molecule has 0 aromatic carbocycles. The Morgan fingerprint density at radius 1 is 0.900 bits per heavy atom. The van der Waals surface area contributed by atoms with E-state index in [0.717, 1.165) is 23.7 Å². The molecule has 0 unspecified atom stereocenters. The van der Waals surface area contributed by atoms with Gasteiger partial charge in [-0.2, -0.15) is 0 Å². The molecule has 0 nitrogen and oxygen atoms in total. The third kappa shape index (κ3) is 1.60. The molecule has 20 heavy (non-hydrogen) atoms. The molecule has 0 N–H and O–H groups in total. The summed E-state index contributed by atoms with van der Waals surface area (Å²) in [5.41, 5.74) is 2.84. The van der Waals surface area contributed by atoms with E-state index in [-0.39, 0.29) is 0 Å². The summed E-state index contributed by atoms with van der Waals surface area (Å²) >= 11 is 0. The Kier molecular flexibility index (Phi) is 2.93. The zero-order chi connectivity index (χ0) is 14.0. The molecule has 0 radical (unpaired) electrons. The molecule has 0 heterocycles. The summed E-state index contributed by atoms with van der Waals surface area (Å²) in [7, 11) is 0. The second-order valence-corrected chi connectivity index (χ2v) is 9.01. The van der Waals surface area contributed by atoms with Gasteiger partial charge in [-0.3, -0.25) is 0 Å². The molecule has 4 fully saturated rings. The van der Waals surface area contributed by atoms with Crippen LogP contribution in [0, 0.1) is 34.5 Å². The molecular formula is C20H32. The molecule has 4 aliphatic rings. The highest BCUT2D eigenvalue weighted by atomic mass is 14.6. The average molecular weight is 272 g/mol. The average Bonchev–Trinajstić information content (AvgIpc) is 2.82. The Hall–Kier alpha value is -0.260. The van der Waals surface area contributed by atoms with E-state index in [0.29, 0.717) is 10.8 Å². The van der Waals surface area contributed by atoms with E-state index < -0.39 is 0 Å². The van der Waals surface area contributed by atoms with Crippen LogP contribution in [-0.4, -0.2) is 0 Å². The lowest BCUT2D eigenvalue weighted by atomic mass is 9.44. The van der Waals surface area contributed by atoms with Gasteiger partial charge in [0, 0.05) is 0 Å². The number of hydrogen-bond donors (Lipinski definition) is 0. The summed E-state index contributed by atoms with van der Waals surface area (Å²) in [5, 5.41) is 0. The molecule has 0 aromatic heterocycles. The van der Waals surface area contributed by atoms with Gasteiger partial charge in [-0.1, -0.05) is 32.4 Å². The number of allylic oxidation sites excluding steroid dienone is 1. The van der Waals surface area contributed by atoms with Crippen molar-refractivity contribution < 1.29 is 0 Å². The summed E-state index contributed by atoms with van der Waals surface area (Å²) in [6, 6.07) is 0. The molecule has 0 amide bonds. The number of hydrogen-bond acceptors (Lipinski definition) is 0. The van der Waals surface area contributed by atoms with E-state index in [4.69, 9.17) is 0 Å². The molecule has 0 aromatic rings. The lowest BCUT2D eigenvalue weighted by molar-refractivity contribution is -0.0782. The summed E-state index contributed by atoms with van der Waals surface area (Å²) < 4.78 is 0. The lowest BCUT2D eigenvalue weighted by Crippen LogP contribution is -2.52. The van der Waals surface area contributed by atoms with E-state index in [2.05, 4.69) is 20.4 Å². The first-order valence-corrected chi connectivity index (χ1v) is 9.24. The van der Waals surface area contributed by atoms with Crippen molar-refractivity contribution >= 4 is 0 Å². The zero-order valence-electron chi connectivity index (χ0n) is 13.6. The van der Waals surface area contributed by atoms with Crippen LogP contribution in [0.15, 0.2) is 12.2 Å². The van der Waals surface area contributed by atoms with Crippen molar-refractivity contribution in [3.05, 3.63) is 12.2 Å². The maximum atomic E-state index is 4.56. The normalized spacial score (nSPS) is 55.0. The second kappa shape index (κ2) is 4.37. The summed E-state index contributed by atoms with van der Waals surface area (Å²) in [6.45, 7) is 9.80. The monoisotopic (exact) mass is 272 g/mol. The summed E-state index contributed by atoms with van der Waals surface area (Å²) in [4.78, 5) is 0. The van der Waals surface area contributed by atoms with E-state index >= 15 is 0 Å². The predicted molar refractivity (Wildman–Crippen MR) is 85.5 cm³/mol. The van der Waals surface area contributed by atoms with Gasteiger partial charge in [-0.05, 0) is 92.3 Å². The van der Waals surface area contributed by atoms with E-state index in [9.17, 15) is 0 Å². The topological polar surface area (TPSA) is 0 Å². The van der Waals surface area contributed by atoms with Crippen molar-refractivity contribution in [2.24, 2.45) is 34.5 Å². The van der Waals surface area contributed by atoms with Gasteiger partial charge < -0.3 is 0 Å². The fraction of sp³-hybridized carbons (Fsp3) is 0.900. The van der Waals surface area contributed by atoms with Gasteiger partial charge in [0.1, 0.15) is 0 Å². The molecule has 0 aliphatic heterocycles. The fourth-order valence-electron chi connectivity index (χ4n) is 7.25. The third-order valence-electron chi connectivity index (χ3n) is 8.48. The minimum atomic E-state index is 0.505. The lowest BCUT2D eigenvalue weighted by Gasteiger charge is -2.60.